The van der Waals surface area contributed by atoms with E-state index in [-0.39, 0.29) is 11.9 Å². The fraction of sp³-hybridized carbons (Fsp3) is 0.333. The van der Waals surface area contributed by atoms with Crippen molar-refractivity contribution in [1.29, 1.82) is 0 Å². The molecule has 3 rings (SSSR count). The van der Waals surface area contributed by atoms with E-state index in [2.05, 4.69) is 17.1 Å². The zero-order chi connectivity index (χ0) is 14.8. The Morgan fingerprint density at radius 1 is 1.24 bits per heavy atom. The van der Waals surface area contributed by atoms with Gasteiger partial charge in [-0.3, -0.25) is 9.78 Å². The summed E-state index contributed by atoms with van der Waals surface area (Å²) in [6, 6.07) is 12.0. The minimum atomic E-state index is -0.136. The van der Waals surface area contributed by atoms with E-state index >= 15 is 0 Å². The Morgan fingerprint density at radius 3 is 2.86 bits per heavy atom. The fourth-order valence-corrected chi connectivity index (χ4v) is 2.91. The van der Waals surface area contributed by atoms with E-state index in [0.29, 0.717) is 18.6 Å². The van der Waals surface area contributed by atoms with Gasteiger partial charge in [-0.15, -0.1) is 0 Å². The minimum absolute atomic E-state index is 0.0988. The lowest BCUT2D eigenvalue weighted by atomic mass is 9.93. The fourth-order valence-electron chi connectivity index (χ4n) is 2.91. The predicted octanol–water partition coefficient (Wildman–Crippen LogP) is 3.59. The van der Waals surface area contributed by atoms with Crippen molar-refractivity contribution in [3.8, 4) is 0 Å². The predicted molar refractivity (Wildman–Crippen MR) is 81.5 cm³/mol. The molecule has 1 unspecified atom stereocenters. The summed E-state index contributed by atoms with van der Waals surface area (Å²) < 4.78 is 5.82. The van der Waals surface area contributed by atoms with Gasteiger partial charge in [0.05, 0.1) is 12.7 Å². The smallest absolute Gasteiger partial charge is 0.167 e. The molecule has 3 heteroatoms. The maximum Gasteiger partial charge on any atom is 0.167 e. The Kier molecular flexibility index (Phi) is 3.84. The average molecular weight is 281 g/mol. The van der Waals surface area contributed by atoms with Crippen molar-refractivity contribution in [2.24, 2.45) is 0 Å². The van der Waals surface area contributed by atoms with Gasteiger partial charge in [0, 0.05) is 23.4 Å². The molecular formula is C18H19NO2. The molecule has 1 aliphatic rings. The number of carbonyl (C=O) groups excluding carboxylic acids is 1. The summed E-state index contributed by atoms with van der Waals surface area (Å²) in [5.74, 6) is 0.0988. The zero-order valence-corrected chi connectivity index (χ0v) is 12.4. The second kappa shape index (κ2) is 5.78. The van der Waals surface area contributed by atoms with Crippen LogP contribution in [0.25, 0.3) is 0 Å². The average Bonchev–Trinajstić information content (AvgIpc) is 2.47. The monoisotopic (exact) mass is 281 g/mol. The first-order chi connectivity index (χ1) is 10.1. The number of ketones is 1. The quantitative estimate of drug-likeness (QED) is 0.807. The molecule has 2 heterocycles. The molecule has 1 aromatic heterocycles. The molecule has 2 aromatic rings. The summed E-state index contributed by atoms with van der Waals surface area (Å²) in [6.45, 7) is 4.50. The molecule has 108 valence electrons. The third-order valence-electron chi connectivity index (χ3n) is 3.99. The summed E-state index contributed by atoms with van der Waals surface area (Å²) in [7, 11) is 0. The van der Waals surface area contributed by atoms with Crippen LogP contribution in [0.5, 0.6) is 0 Å². The molecule has 0 spiro atoms. The van der Waals surface area contributed by atoms with Gasteiger partial charge in [0.15, 0.2) is 5.78 Å². The molecule has 0 amide bonds. The van der Waals surface area contributed by atoms with Crippen molar-refractivity contribution in [3.05, 3.63) is 64.5 Å². The van der Waals surface area contributed by atoms with Crippen LogP contribution in [0.15, 0.2) is 36.4 Å². The van der Waals surface area contributed by atoms with Crippen LogP contribution in [0.4, 0.5) is 0 Å². The normalized spacial score (nSPS) is 17.3. The summed E-state index contributed by atoms with van der Waals surface area (Å²) in [6.07, 6.45) is 1.16. The first-order valence-electron chi connectivity index (χ1n) is 7.32. The zero-order valence-electron chi connectivity index (χ0n) is 12.4. The van der Waals surface area contributed by atoms with Gasteiger partial charge in [0.1, 0.15) is 0 Å². The molecule has 0 N–H and O–H groups in total. The van der Waals surface area contributed by atoms with Crippen LogP contribution in [-0.2, 0) is 11.2 Å². The van der Waals surface area contributed by atoms with E-state index in [0.717, 1.165) is 23.4 Å². The number of hydrogen-bond donors (Lipinski definition) is 0. The van der Waals surface area contributed by atoms with Crippen molar-refractivity contribution < 1.29 is 9.53 Å². The van der Waals surface area contributed by atoms with Crippen LogP contribution in [0.3, 0.4) is 0 Å². The Balaban J connectivity index is 1.83. The first kappa shape index (κ1) is 14.0. The maximum absolute atomic E-state index is 12.5. The number of Topliss-reactive ketones (excluding diaryl/α,β-unsaturated/α-hetero) is 1. The van der Waals surface area contributed by atoms with Crippen LogP contribution < -0.4 is 0 Å². The van der Waals surface area contributed by atoms with E-state index in [4.69, 9.17) is 4.74 Å². The van der Waals surface area contributed by atoms with Crippen LogP contribution in [0.1, 0.15) is 45.4 Å². The Bertz CT molecular complexity index is 679. The topological polar surface area (TPSA) is 39.2 Å². The summed E-state index contributed by atoms with van der Waals surface area (Å²) >= 11 is 0. The number of pyridine rings is 1. The molecule has 0 saturated carbocycles. The van der Waals surface area contributed by atoms with E-state index in [1.54, 1.807) is 0 Å². The molecule has 0 fully saturated rings. The first-order valence-corrected chi connectivity index (χ1v) is 7.32. The number of aromatic nitrogens is 1. The number of benzene rings is 1. The third-order valence-corrected chi connectivity index (χ3v) is 3.99. The Hall–Kier alpha value is -2.00. The van der Waals surface area contributed by atoms with Gasteiger partial charge in [-0.2, -0.15) is 0 Å². The minimum Gasteiger partial charge on any atom is -0.373 e. The van der Waals surface area contributed by atoms with E-state index in [9.17, 15) is 4.79 Å². The lowest BCUT2D eigenvalue weighted by Gasteiger charge is -2.25. The largest absolute Gasteiger partial charge is 0.373 e. The van der Waals surface area contributed by atoms with Gasteiger partial charge in [-0.25, -0.2) is 0 Å². The van der Waals surface area contributed by atoms with E-state index < -0.39 is 0 Å². The van der Waals surface area contributed by atoms with Crippen LogP contribution in [-0.4, -0.2) is 17.4 Å². The second-order valence-corrected chi connectivity index (χ2v) is 5.52. The van der Waals surface area contributed by atoms with Crippen molar-refractivity contribution >= 4 is 5.78 Å². The number of ether oxygens (including phenoxy) is 1. The molecule has 1 aliphatic heterocycles. The standard InChI is InChI=1S/C18H19NO2/c1-12-7-8-15(13(2)19-12)17(20)11-18-16-6-4-3-5-14(16)9-10-21-18/h3-8,18H,9-11H2,1-2H3. The van der Waals surface area contributed by atoms with Crippen molar-refractivity contribution in [1.82, 2.24) is 4.98 Å². The number of aryl methyl sites for hydroxylation is 2. The third kappa shape index (κ3) is 2.88. The Labute approximate surface area is 125 Å². The van der Waals surface area contributed by atoms with Crippen LogP contribution in [0, 0.1) is 13.8 Å². The molecule has 0 saturated heterocycles. The SMILES string of the molecule is Cc1ccc(C(=O)CC2OCCc3ccccc32)c(C)n1. The number of fused-ring (bicyclic) bond motifs is 1. The maximum atomic E-state index is 12.5. The van der Waals surface area contributed by atoms with Gasteiger partial charge in [0.2, 0.25) is 0 Å². The highest BCUT2D eigenvalue weighted by Crippen LogP contribution is 2.30. The van der Waals surface area contributed by atoms with Crippen molar-refractivity contribution in [2.45, 2.75) is 32.8 Å². The Morgan fingerprint density at radius 2 is 2.05 bits per heavy atom. The van der Waals surface area contributed by atoms with Crippen molar-refractivity contribution in [3.63, 3.8) is 0 Å². The number of rotatable bonds is 3. The van der Waals surface area contributed by atoms with Gasteiger partial charge >= 0.3 is 0 Å². The molecule has 1 aromatic carbocycles. The van der Waals surface area contributed by atoms with E-state index in [1.807, 2.05) is 38.1 Å². The lowest BCUT2D eigenvalue weighted by Crippen LogP contribution is -2.19. The lowest BCUT2D eigenvalue weighted by molar-refractivity contribution is 0.0351. The molecule has 0 radical (unpaired) electrons. The second-order valence-electron chi connectivity index (χ2n) is 5.52. The molecule has 21 heavy (non-hydrogen) atoms. The molecule has 0 bridgehead atoms. The summed E-state index contributed by atoms with van der Waals surface area (Å²) in [5.41, 5.74) is 4.87. The summed E-state index contributed by atoms with van der Waals surface area (Å²) in [4.78, 5) is 16.9. The van der Waals surface area contributed by atoms with Crippen LogP contribution >= 0.6 is 0 Å². The summed E-state index contributed by atoms with van der Waals surface area (Å²) in [5, 5.41) is 0. The van der Waals surface area contributed by atoms with E-state index in [1.165, 1.54) is 5.56 Å². The van der Waals surface area contributed by atoms with Gasteiger partial charge in [-0.1, -0.05) is 24.3 Å². The number of nitrogens with zero attached hydrogens (tertiary/aromatic N) is 1. The van der Waals surface area contributed by atoms with Crippen LogP contribution in [0.2, 0.25) is 0 Å². The molecule has 3 nitrogen and oxygen atoms in total. The number of hydrogen-bond acceptors (Lipinski definition) is 3. The molecule has 1 atom stereocenters. The van der Waals surface area contributed by atoms with Crippen molar-refractivity contribution in [2.75, 3.05) is 6.61 Å². The van der Waals surface area contributed by atoms with Gasteiger partial charge in [-0.05, 0) is 43.5 Å². The highest BCUT2D eigenvalue weighted by Gasteiger charge is 2.24. The van der Waals surface area contributed by atoms with Gasteiger partial charge < -0.3 is 4.74 Å². The highest BCUT2D eigenvalue weighted by atomic mass is 16.5. The highest BCUT2D eigenvalue weighted by molar-refractivity contribution is 5.97. The molecule has 0 aliphatic carbocycles. The molecular weight excluding hydrogens is 262 g/mol. The van der Waals surface area contributed by atoms with Gasteiger partial charge in [0.25, 0.3) is 0 Å². The number of carbonyl (C=O) groups is 1.